The van der Waals surface area contributed by atoms with E-state index in [1.807, 2.05) is 0 Å². The molecule has 6 rings (SSSR count). The Morgan fingerprint density at radius 3 is 1.51 bits per heavy atom. The number of rotatable bonds is 18. The van der Waals surface area contributed by atoms with Crippen LogP contribution in [0.2, 0.25) is 0 Å². The summed E-state index contributed by atoms with van der Waals surface area (Å²) in [5.74, 6) is 1.98. The van der Waals surface area contributed by atoms with Crippen molar-refractivity contribution in [2.24, 2.45) is 0 Å². The van der Waals surface area contributed by atoms with E-state index in [0.29, 0.717) is 12.1 Å². The van der Waals surface area contributed by atoms with Gasteiger partial charge in [0.1, 0.15) is 0 Å². The summed E-state index contributed by atoms with van der Waals surface area (Å²) in [6.07, 6.45) is 18.5. The number of benzene rings is 2. The lowest BCUT2D eigenvalue weighted by Gasteiger charge is -2.41. The molecule has 59 heavy (non-hydrogen) atoms. The zero-order valence-corrected chi connectivity index (χ0v) is 40.7. The molecule has 0 amide bonds. The van der Waals surface area contributed by atoms with Crippen LogP contribution in [-0.4, -0.2) is 101 Å². The quantitative estimate of drug-likeness (QED) is 0.111. The zero-order chi connectivity index (χ0) is 43.0. The Kier molecular flexibility index (Phi) is 13.7. The van der Waals surface area contributed by atoms with Gasteiger partial charge in [-0.2, -0.15) is 0 Å². The predicted molar refractivity (Wildman–Crippen MR) is 249 cm³/mol. The Labute approximate surface area is 362 Å². The van der Waals surface area contributed by atoms with E-state index in [0.717, 1.165) is 24.3 Å². The molecule has 1 saturated heterocycles. The molecule has 0 N–H and O–H groups in total. The third-order valence-corrected chi connectivity index (χ3v) is 16.4. The molecule has 3 heterocycles. The summed E-state index contributed by atoms with van der Waals surface area (Å²) < 4.78 is 22.5. The van der Waals surface area contributed by atoms with Crippen LogP contribution in [0.5, 0.6) is 11.5 Å². The summed E-state index contributed by atoms with van der Waals surface area (Å²) in [5.41, 5.74) is 7.92. The smallest absolute Gasteiger partial charge is 0.340 e. The summed E-state index contributed by atoms with van der Waals surface area (Å²) in [7, 11) is 0. The molecule has 2 aromatic carbocycles. The Morgan fingerprint density at radius 2 is 1.05 bits per heavy atom. The van der Waals surface area contributed by atoms with Crippen molar-refractivity contribution in [2.75, 3.05) is 52.4 Å². The van der Waals surface area contributed by atoms with Gasteiger partial charge in [-0.05, 0) is 138 Å². The van der Waals surface area contributed by atoms with Gasteiger partial charge in [0.2, 0.25) is 12.1 Å². The summed E-state index contributed by atoms with van der Waals surface area (Å²) in [6, 6.07) is 9.59. The van der Waals surface area contributed by atoms with Crippen molar-refractivity contribution in [1.29, 1.82) is 0 Å². The predicted octanol–water partition coefficient (Wildman–Crippen LogP) is 11.6. The van der Waals surface area contributed by atoms with Crippen molar-refractivity contribution >= 4 is 12.4 Å². The first kappa shape index (κ1) is 45.8. The van der Waals surface area contributed by atoms with Gasteiger partial charge in [0, 0.05) is 18.4 Å². The lowest BCUT2D eigenvalue weighted by Crippen LogP contribution is -2.60. The second-order valence-corrected chi connectivity index (χ2v) is 21.5. The summed E-state index contributed by atoms with van der Waals surface area (Å²) in [4.78, 5) is 0. The molecule has 6 heteroatoms. The first-order valence-electron chi connectivity index (χ1n) is 24.6. The number of hydrogen-bond donors (Lipinski definition) is 0. The maximum atomic E-state index is 7.54. The Hall–Kier alpha value is -2.70. The highest BCUT2D eigenvalue weighted by Crippen LogP contribution is 2.50. The van der Waals surface area contributed by atoms with Gasteiger partial charge in [-0.25, -0.2) is 0 Å². The van der Waals surface area contributed by atoms with Crippen molar-refractivity contribution in [3.8, 4) is 11.5 Å². The highest BCUT2D eigenvalue weighted by Gasteiger charge is 2.76. The molecule has 2 aromatic rings. The number of hydrogen-bond acceptors (Lipinski definition) is 2. The summed E-state index contributed by atoms with van der Waals surface area (Å²) in [6.45, 7) is 42.9. The van der Waals surface area contributed by atoms with Crippen LogP contribution in [0, 0.1) is 6.92 Å². The van der Waals surface area contributed by atoms with Gasteiger partial charge >= 0.3 is 6.03 Å². The van der Waals surface area contributed by atoms with Crippen LogP contribution in [0.25, 0.3) is 0 Å². The molecule has 0 aromatic heterocycles. The molecule has 6 nitrogen and oxygen atoms in total. The third-order valence-electron chi connectivity index (χ3n) is 16.4. The van der Waals surface area contributed by atoms with Crippen LogP contribution in [0.1, 0.15) is 194 Å². The molecule has 3 aliphatic heterocycles. The average molecular weight is 813 g/mol. The first-order chi connectivity index (χ1) is 27.9. The second kappa shape index (κ2) is 17.6. The standard InChI is InChI=1S/C53H88N4O2/c1-15-22-29-52(30-25-32-56(16-2,17-3)18-4,31-26-33-57(19-5,20-6)21-7)44-34-40(8)48-41(36-44)38-54-46-27-23-24-28-47(46)55-39-42-35-43(50(9,10)11)37-45(51(12,13)14)49(42)59-53(54,55)58-48/h34-39,46-47H,15-33H2,1-14H3/q+4. The van der Waals surface area contributed by atoms with E-state index in [-0.39, 0.29) is 16.2 Å². The van der Waals surface area contributed by atoms with E-state index in [1.165, 1.54) is 147 Å². The molecule has 1 spiro atoms. The molecular weight excluding hydrogens is 725 g/mol. The van der Waals surface area contributed by atoms with Gasteiger partial charge in [0.15, 0.2) is 23.9 Å². The highest BCUT2D eigenvalue weighted by molar-refractivity contribution is 5.85. The Balaban J connectivity index is 1.48. The number of unbranched alkanes of at least 4 members (excludes halogenated alkanes) is 1. The molecule has 1 saturated carbocycles. The van der Waals surface area contributed by atoms with E-state index in [2.05, 4.69) is 143 Å². The fraction of sp³-hybridized carbons (Fsp3) is 0.736. The van der Waals surface area contributed by atoms with Gasteiger partial charge in [0.25, 0.3) is 0 Å². The second-order valence-electron chi connectivity index (χ2n) is 21.5. The molecular formula is C53H88N4O2+4. The molecule has 3 atom stereocenters. The number of nitrogens with zero attached hydrogens (tertiary/aromatic N) is 4. The number of quaternary nitrogens is 2. The van der Waals surface area contributed by atoms with Crippen LogP contribution in [-0.2, 0) is 16.2 Å². The third kappa shape index (κ3) is 8.58. The molecule has 0 radical (unpaired) electrons. The van der Waals surface area contributed by atoms with Crippen LogP contribution >= 0.6 is 0 Å². The average Bonchev–Trinajstić information content (AvgIpc) is 3.49. The zero-order valence-electron chi connectivity index (χ0n) is 40.7. The molecule has 1 aliphatic carbocycles. The van der Waals surface area contributed by atoms with Crippen LogP contribution < -0.4 is 9.47 Å². The van der Waals surface area contributed by atoms with E-state index in [4.69, 9.17) is 9.47 Å². The van der Waals surface area contributed by atoms with E-state index in [9.17, 15) is 0 Å². The summed E-state index contributed by atoms with van der Waals surface area (Å²) in [5, 5.41) is 0. The fourth-order valence-electron chi connectivity index (χ4n) is 11.8. The monoisotopic (exact) mass is 813 g/mol. The topological polar surface area (TPSA) is 24.5 Å². The van der Waals surface area contributed by atoms with Crippen molar-refractivity contribution in [2.45, 2.75) is 202 Å². The van der Waals surface area contributed by atoms with Crippen molar-refractivity contribution < 1.29 is 27.6 Å². The van der Waals surface area contributed by atoms with Crippen molar-refractivity contribution in [1.82, 2.24) is 0 Å². The van der Waals surface area contributed by atoms with Crippen molar-refractivity contribution in [3.63, 3.8) is 0 Å². The van der Waals surface area contributed by atoms with Gasteiger partial charge in [0.05, 0.1) is 63.5 Å². The van der Waals surface area contributed by atoms with Crippen LogP contribution in [0.3, 0.4) is 0 Å². The first-order valence-corrected chi connectivity index (χ1v) is 24.6. The van der Waals surface area contributed by atoms with E-state index < -0.39 is 6.03 Å². The summed E-state index contributed by atoms with van der Waals surface area (Å²) >= 11 is 0. The Morgan fingerprint density at radius 1 is 0.593 bits per heavy atom. The fourth-order valence-corrected chi connectivity index (χ4v) is 11.8. The number of aryl methyl sites for hydroxylation is 1. The minimum atomic E-state index is -1.03. The van der Waals surface area contributed by atoms with Crippen molar-refractivity contribution in [3.05, 3.63) is 57.6 Å². The maximum Gasteiger partial charge on any atom is 0.704 e. The van der Waals surface area contributed by atoms with E-state index in [1.54, 1.807) is 5.56 Å². The van der Waals surface area contributed by atoms with Gasteiger partial charge < -0.3 is 18.4 Å². The van der Waals surface area contributed by atoms with Gasteiger partial charge in [-0.1, -0.05) is 82.6 Å². The van der Waals surface area contributed by atoms with Crippen LogP contribution in [0.15, 0.2) is 24.3 Å². The molecule has 3 unspecified atom stereocenters. The lowest BCUT2D eigenvalue weighted by atomic mass is 9.69. The lowest BCUT2D eigenvalue weighted by molar-refractivity contribution is -0.923. The molecule has 2 fully saturated rings. The largest absolute Gasteiger partial charge is 0.704 e. The highest BCUT2D eigenvalue weighted by atomic mass is 16.7. The SMILES string of the molecule is CCCCC(CCC[N+](CC)(CC)CC)(CCC[N+](CC)(CC)CC)c1cc(C)c2c(c1)C=[N+]1C3CCCCC3[N+]3=Cc4cc(C(C)(C)C)cc(C(C)(C)C)c4OC13O2. The van der Waals surface area contributed by atoms with E-state index >= 15 is 0 Å². The molecule has 328 valence electrons. The minimum Gasteiger partial charge on any atom is -0.340 e. The molecule has 4 aliphatic rings. The minimum absolute atomic E-state index is 0.0339. The molecule has 0 bridgehead atoms. The normalized spacial score (nSPS) is 21.7. The maximum absolute atomic E-state index is 7.54. The number of ether oxygens (including phenoxy) is 2. The number of fused-ring (bicyclic) bond motifs is 5. The Bertz CT molecular complexity index is 1810. The van der Waals surface area contributed by atoms with Gasteiger partial charge in [-0.3, -0.25) is 0 Å². The van der Waals surface area contributed by atoms with Crippen LogP contribution in [0.4, 0.5) is 0 Å². The van der Waals surface area contributed by atoms with Gasteiger partial charge in [-0.15, -0.1) is 0 Å².